The topological polar surface area (TPSA) is 119 Å². The number of carbonyl (C=O) groups excluding carboxylic acids is 2. The molecule has 31 heavy (non-hydrogen) atoms. The maximum absolute atomic E-state index is 13.1. The van der Waals surface area contributed by atoms with E-state index in [0.29, 0.717) is 6.20 Å². The molecule has 1 aliphatic heterocycles. The minimum Gasteiger partial charge on any atom is -0.384 e. The average molecular weight is 431 g/mol. The van der Waals surface area contributed by atoms with Gasteiger partial charge in [-0.25, -0.2) is 9.97 Å². The van der Waals surface area contributed by atoms with Crippen molar-refractivity contribution in [2.75, 3.05) is 22.5 Å². The second-order valence-electron chi connectivity index (χ2n) is 6.94. The lowest BCUT2D eigenvalue weighted by Crippen LogP contribution is -2.43. The minimum atomic E-state index is -4.53. The zero-order chi connectivity index (χ0) is 22.3. The van der Waals surface area contributed by atoms with E-state index in [4.69, 9.17) is 5.73 Å². The van der Waals surface area contributed by atoms with Crippen molar-refractivity contribution in [3.05, 3.63) is 59.7 Å². The zero-order valence-electron chi connectivity index (χ0n) is 16.1. The predicted molar refractivity (Wildman–Crippen MR) is 104 cm³/mol. The van der Waals surface area contributed by atoms with Gasteiger partial charge in [0, 0.05) is 18.9 Å². The van der Waals surface area contributed by atoms with Crippen LogP contribution in [0.4, 0.5) is 30.5 Å². The molecule has 0 aliphatic carbocycles. The molecule has 3 aromatic heterocycles. The first-order valence-corrected chi connectivity index (χ1v) is 9.10. The van der Waals surface area contributed by atoms with E-state index in [1.54, 1.807) is 6.92 Å². The number of hydrogen-bond donors (Lipinski definition) is 2. The number of nitrogens with zero attached hydrogens (tertiary/aromatic N) is 5. The molecule has 3 aromatic rings. The van der Waals surface area contributed by atoms with Gasteiger partial charge >= 0.3 is 6.18 Å². The first-order chi connectivity index (χ1) is 14.6. The first-order valence-electron chi connectivity index (χ1n) is 9.10. The number of alkyl halides is 3. The average Bonchev–Trinajstić information content (AvgIpc) is 3.15. The zero-order valence-corrected chi connectivity index (χ0v) is 16.1. The highest BCUT2D eigenvalue weighted by molar-refractivity contribution is 6.12. The summed E-state index contributed by atoms with van der Waals surface area (Å²) in [5.74, 6) is -0.748. The summed E-state index contributed by atoms with van der Waals surface area (Å²) in [5, 5.41) is 6.79. The fourth-order valence-electron chi connectivity index (χ4n) is 3.20. The second kappa shape index (κ2) is 7.38. The van der Waals surface area contributed by atoms with Crippen molar-refractivity contribution in [3.63, 3.8) is 0 Å². The number of nitrogen functional groups attached to an aromatic ring is 1. The Hall–Kier alpha value is -3.96. The van der Waals surface area contributed by atoms with E-state index < -0.39 is 23.6 Å². The van der Waals surface area contributed by atoms with E-state index in [2.05, 4.69) is 20.4 Å². The molecule has 0 unspecified atom stereocenters. The number of amides is 2. The SMILES string of the molecule is C[C@H]1CN(c2ccc(C(F)(F)F)cn2)C(=O)c2c(NC(=O)c3ccc(N)nc3)cnn21. The van der Waals surface area contributed by atoms with Crippen LogP contribution in [0.1, 0.15) is 39.4 Å². The number of fused-ring (bicyclic) bond motifs is 1. The number of rotatable bonds is 3. The Bertz CT molecular complexity index is 1140. The van der Waals surface area contributed by atoms with Crippen molar-refractivity contribution in [2.45, 2.75) is 19.1 Å². The van der Waals surface area contributed by atoms with Crippen molar-refractivity contribution >= 4 is 29.1 Å². The number of nitrogens with one attached hydrogen (secondary N) is 1. The smallest absolute Gasteiger partial charge is 0.384 e. The number of aromatic nitrogens is 4. The molecule has 0 radical (unpaired) electrons. The lowest BCUT2D eigenvalue weighted by Gasteiger charge is -2.31. The summed E-state index contributed by atoms with van der Waals surface area (Å²) in [4.78, 5) is 34.5. The number of anilines is 3. The maximum atomic E-state index is 13.1. The van der Waals surface area contributed by atoms with Gasteiger partial charge in [0.15, 0.2) is 5.69 Å². The Balaban J connectivity index is 1.62. The molecule has 1 aliphatic rings. The van der Waals surface area contributed by atoms with Gasteiger partial charge in [0.05, 0.1) is 29.1 Å². The van der Waals surface area contributed by atoms with Crippen LogP contribution in [0.2, 0.25) is 0 Å². The largest absolute Gasteiger partial charge is 0.417 e. The van der Waals surface area contributed by atoms with Crippen molar-refractivity contribution in [3.8, 4) is 0 Å². The van der Waals surface area contributed by atoms with Gasteiger partial charge in [-0.05, 0) is 31.2 Å². The van der Waals surface area contributed by atoms with Gasteiger partial charge in [-0.2, -0.15) is 18.3 Å². The fraction of sp³-hybridized carbons (Fsp3) is 0.211. The highest BCUT2D eigenvalue weighted by Crippen LogP contribution is 2.32. The highest BCUT2D eigenvalue weighted by Gasteiger charge is 2.36. The molecule has 4 heterocycles. The van der Waals surface area contributed by atoms with Crippen LogP contribution >= 0.6 is 0 Å². The summed E-state index contributed by atoms with van der Waals surface area (Å²) in [5.41, 5.74) is 5.09. The van der Waals surface area contributed by atoms with Gasteiger partial charge in [0.2, 0.25) is 0 Å². The van der Waals surface area contributed by atoms with Gasteiger partial charge in [-0.3, -0.25) is 19.2 Å². The third-order valence-electron chi connectivity index (χ3n) is 4.76. The van der Waals surface area contributed by atoms with Crippen LogP contribution in [-0.4, -0.2) is 38.1 Å². The van der Waals surface area contributed by atoms with Gasteiger partial charge < -0.3 is 11.1 Å². The molecule has 3 N–H and O–H groups in total. The van der Waals surface area contributed by atoms with Gasteiger partial charge in [0.25, 0.3) is 11.8 Å². The summed E-state index contributed by atoms with van der Waals surface area (Å²) in [6.45, 7) is 1.94. The van der Waals surface area contributed by atoms with E-state index in [1.165, 1.54) is 34.1 Å². The van der Waals surface area contributed by atoms with Crippen LogP contribution in [0.5, 0.6) is 0 Å². The minimum absolute atomic E-state index is 0.0670. The van der Waals surface area contributed by atoms with E-state index in [9.17, 15) is 22.8 Å². The summed E-state index contributed by atoms with van der Waals surface area (Å²) < 4.78 is 39.9. The Morgan fingerprint density at radius 1 is 1.16 bits per heavy atom. The summed E-state index contributed by atoms with van der Waals surface area (Å²) >= 11 is 0. The van der Waals surface area contributed by atoms with E-state index in [1.807, 2.05) is 0 Å². The molecule has 9 nitrogen and oxygen atoms in total. The number of hydrogen-bond acceptors (Lipinski definition) is 6. The number of pyridine rings is 2. The van der Waals surface area contributed by atoms with E-state index in [0.717, 1.165) is 12.1 Å². The molecule has 12 heteroatoms. The number of nitrogens with two attached hydrogens (primary N) is 1. The third-order valence-corrected chi connectivity index (χ3v) is 4.76. The van der Waals surface area contributed by atoms with Gasteiger partial charge in [-0.15, -0.1) is 0 Å². The molecule has 1 atom stereocenters. The molecule has 0 aromatic carbocycles. The van der Waals surface area contributed by atoms with Gasteiger partial charge in [-0.1, -0.05) is 0 Å². The summed E-state index contributed by atoms with van der Waals surface area (Å²) in [6.07, 6.45) is -1.21. The van der Waals surface area contributed by atoms with Crippen molar-refractivity contribution in [1.82, 2.24) is 19.7 Å². The lowest BCUT2D eigenvalue weighted by atomic mass is 10.1. The highest BCUT2D eigenvalue weighted by atomic mass is 19.4. The Morgan fingerprint density at radius 3 is 2.55 bits per heavy atom. The van der Waals surface area contributed by atoms with Crippen molar-refractivity contribution < 1.29 is 22.8 Å². The molecule has 160 valence electrons. The van der Waals surface area contributed by atoms with Crippen LogP contribution < -0.4 is 16.0 Å². The number of halogens is 3. The second-order valence-corrected chi connectivity index (χ2v) is 6.94. The monoisotopic (exact) mass is 431 g/mol. The normalized spacial score (nSPS) is 16.2. The molecular formula is C19H16F3N7O2. The summed E-state index contributed by atoms with van der Waals surface area (Å²) in [6, 6.07) is 4.64. The number of carbonyl (C=O) groups is 2. The van der Waals surface area contributed by atoms with Crippen LogP contribution in [0.25, 0.3) is 0 Å². The molecule has 0 fully saturated rings. The Labute approximate surface area is 173 Å². The summed E-state index contributed by atoms with van der Waals surface area (Å²) in [7, 11) is 0. The first kappa shape index (κ1) is 20.3. The predicted octanol–water partition coefficient (Wildman–Crippen LogP) is 2.75. The Kier molecular flexibility index (Phi) is 4.84. The van der Waals surface area contributed by atoms with Crippen molar-refractivity contribution in [1.29, 1.82) is 0 Å². The fourth-order valence-corrected chi connectivity index (χ4v) is 3.20. The quantitative estimate of drug-likeness (QED) is 0.658. The van der Waals surface area contributed by atoms with Gasteiger partial charge in [0.1, 0.15) is 11.6 Å². The third kappa shape index (κ3) is 3.79. The molecule has 4 rings (SSSR count). The molecule has 0 spiro atoms. The molecular weight excluding hydrogens is 415 g/mol. The molecule has 2 amide bonds. The Morgan fingerprint density at radius 2 is 1.94 bits per heavy atom. The molecule has 0 saturated carbocycles. The van der Waals surface area contributed by atoms with Crippen LogP contribution in [0.3, 0.4) is 0 Å². The van der Waals surface area contributed by atoms with Crippen molar-refractivity contribution in [2.24, 2.45) is 0 Å². The van der Waals surface area contributed by atoms with Crippen LogP contribution in [0, 0.1) is 0 Å². The van der Waals surface area contributed by atoms with E-state index in [-0.39, 0.29) is 41.2 Å². The van der Waals surface area contributed by atoms with E-state index >= 15 is 0 Å². The molecule has 0 bridgehead atoms. The maximum Gasteiger partial charge on any atom is 0.417 e. The molecule has 0 saturated heterocycles. The standard InChI is InChI=1S/C19H16F3N7O2/c1-10-9-28(15-5-3-12(7-25-15)19(20,21)22)18(31)16-13(8-26-29(10)16)27-17(30)11-2-4-14(23)24-6-11/h2-8,10H,9H2,1H3,(H2,23,24)(H,27,30)/t10-/m0/s1. The van der Waals surface area contributed by atoms with Crippen LogP contribution in [-0.2, 0) is 6.18 Å². The lowest BCUT2D eigenvalue weighted by molar-refractivity contribution is -0.137. The van der Waals surface area contributed by atoms with Crippen LogP contribution in [0.15, 0.2) is 42.9 Å².